The number of nitrogens with zero attached hydrogens (tertiary/aromatic N) is 2. The van der Waals surface area contributed by atoms with Gasteiger partial charge in [0.05, 0.1) is 0 Å². The molecular weight excluding hydrogens is 385 g/mol. The molecule has 1 aliphatic rings. The van der Waals surface area contributed by atoms with E-state index in [2.05, 4.69) is 35.1 Å². The highest BCUT2D eigenvalue weighted by atomic mass is 127. The largest absolute Gasteiger partial charge is 0.352 e. The second kappa shape index (κ2) is 7.50. The van der Waals surface area contributed by atoms with Crippen LogP contribution in [0, 0.1) is 5.41 Å². The fourth-order valence-corrected chi connectivity index (χ4v) is 2.67. The number of nitrogens with one attached hydrogen (secondary N) is 1. The zero-order chi connectivity index (χ0) is 13.9. The summed E-state index contributed by atoms with van der Waals surface area (Å²) in [4.78, 5) is 6.70. The monoisotopic (exact) mass is 407 g/mol. The van der Waals surface area contributed by atoms with Gasteiger partial charge in [-0.1, -0.05) is 37.6 Å². The fraction of sp³-hybridized carbons (Fsp3) is 0.533. The van der Waals surface area contributed by atoms with E-state index in [1.54, 1.807) is 0 Å². The van der Waals surface area contributed by atoms with E-state index < -0.39 is 0 Å². The fourth-order valence-electron chi connectivity index (χ4n) is 2.45. The first-order chi connectivity index (χ1) is 9.00. The van der Waals surface area contributed by atoms with Gasteiger partial charge in [0.2, 0.25) is 0 Å². The Morgan fingerprint density at radius 2 is 2.20 bits per heavy atom. The van der Waals surface area contributed by atoms with E-state index in [9.17, 15) is 0 Å². The number of rotatable bonds is 2. The van der Waals surface area contributed by atoms with Crippen molar-refractivity contribution in [3.8, 4) is 0 Å². The summed E-state index contributed by atoms with van der Waals surface area (Å²) in [7, 11) is 1.84. The highest BCUT2D eigenvalue weighted by molar-refractivity contribution is 14.0. The Bertz CT molecular complexity index is 474. The molecule has 1 heterocycles. The molecule has 1 N–H and O–H groups in total. The maximum Gasteiger partial charge on any atom is 0.193 e. The number of benzene rings is 1. The van der Waals surface area contributed by atoms with Crippen LogP contribution in [0.1, 0.15) is 25.8 Å². The lowest BCUT2D eigenvalue weighted by atomic mass is 9.93. The van der Waals surface area contributed by atoms with E-state index in [0.29, 0.717) is 5.41 Å². The summed E-state index contributed by atoms with van der Waals surface area (Å²) in [5.41, 5.74) is 1.56. The lowest BCUT2D eigenvalue weighted by Gasteiger charge is -2.23. The molecule has 0 aliphatic carbocycles. The van der Waals surface area contributed by atoms with Crippen molar-refractivity contribution in [3.63, 3.8) is 0 Å². The van der Waals surface area contributed by atoms with Gasteiger partial charge in [-0.05, 0) is 29.5 Å². The molecule has 2 rings (SSSR count). The van der Waals surface area contributed by atoms with E-state index in [-0.39, 0.29) is 24.0 Å². The first kappa shape index (κ1) is 17.6. The van der Waals surface area contributed by atoms with Gasteiger partial charge < -0.3 is 10.2 Å². The Morgan fingerprint density at radius 1 is 1.45 bits per heavy atom. The first-order valence-corrected chi connectivity index (χ1v) is 7.08. The second-order valence-corrected chi connectivity index (χ2v) is 6.30. The molecule has 0 saturated carbocycles. The molecular formula is C15H23ClIN3. The summed E-state index contributed by atoms with van der Waals surface area (Å²) in [6.45, 7) is 7.49. The molecule has 0 spiro atoms. The average molecular weight is 408 g/mol. The molecule has 20 heavy (non-hydrogen) atoms. The van der Waals surface area contributed by atoms with Crippen LogP contribution in [0.3, 0.4) is 0 Å². The van der Waals surface area contributed by atoms with Crippen LogP contribution in [0.25, 0.3) is 0 Å². The maximum absolute atomic E-state index is 5.99. The predicted molar refractivity (Wildman–Crippen MR) is 97.0 cm³/mol. The topological polar surface area (TPSA) is 27.6 Å². The van der Waals surface area contributed by atoms with Crippen molar-refractivity contribution in [1.29, 1.82) is 0 Å². The molecule has 0 radical (unpaired) electrons. The van der Waals surface area contributed by atoms with Crippen LogP contribution in [0.4, 0.5) is 0 Å². The highest BCUT2D eigenvalue weighted by Crippen LogP contribution is 2.28. The van der Waals surface area contributed by atoms with Crippen molar-refractivity contribution in [2.75, 3.05) is 20.1 Å². The Morgan fingerprint density at radius 3 is 2.75 bits per heavy atom. The Hall–Kier alpha value is -0.490. The lowest BCUT2D eigenvalue weighted by Crippen LogP contribution is -2.40. The maximum atomic E-state index is 5.99. The molecule has 1 aliphatic heterocycles. The van der Waals surface area contributed by atoms with E-state index in [1.807, 2.05) is 25.2 Å². The zero-order valence-electron chi connectivity index (χ0n) is 12.3. The van der Waals surface area contributed by atoms with E-state index >= 15 is 0 Å². The van der Waals surface area contributed by atoms with Gasteiger partial charge in [-0.3, -0.25) is 4.99 Å². The number of hydrogen-bond donors (Lipinski definition) is 1. The molecule has 1 aromatic rings. The van der Waals surface area contributed by atoms with Gasteiger partial charge in [0.15, 0.2) is 5.96 Å². The Labute approximate surface area is 143 Å². The normalized spacial score (nSPS) is 17.8. The van der Waals surface area contributed by atoms with Crippen molar-refractivity contribution >= 4 is 41.5 Å². The zero-order valence-corrected chi connectivity index (χ0v) is 15.4. The van der Waals surface area contributed by atoms with Crippen molar-refractivity contribution in [3.05, 3.63) is 34.9 Å². The number of guanidine groups is 1. The molecule has 0 amide bonds. The van der Waals surface area contributed by atoms with E-state index in [4.69, 9.17) is 11.6 Å². The summed E-state index contributed by atoms with van der Waals surface area (Å²) < 4.78 is 0. The Balaban J connectivity index is 0.00000200. The van der Waals surface area contributed by atoms with E-state index in [0.717, 1.165) is 30.6 Å². The first-order valence-electron chi connectivity index (χ1n) is 6.70. The minimum absolute atomic E-state index is 0. The van der Waals surface area contributed by atoms with Gasteiger partial charge in [-0.2, -0.15) is 0 Å². The summed E-state index contributed by atoms with van der Waals surface area (Å²) in [5.74, 6) is 0.977. The van der Waals surface area contributed by atoms with Gasteiger partial charge >= 0.3 is 0 Å². The molecule has 0 unspecified atom stereocenters. The highest BCUT2D eigenvalue weighted by Gasteiger charge is 2.30. The molecule has 0 aromatic heterocycles. The van der Waals surface area contributed by atoms with Crippen LogP contribution >= 0.6 is 35.6 Å². The molecule has 1 fully saturated rings. The van der Waals surface area contributed by atoms with Crippen LogP contribution in [-0.2, 0) is 6.54 Å². The molecule has 3 nitrogen and oxygen atoms in total. The lowest BCUT2D eigenvalue weighted by molar-refractivity contribution is 0.370. The molecule has 1 aromatic carbocycles. The quantitative estimate of drug-likeness (QED) is 0.459. The van der Waals surface area contributed by atoms with Gasteiger partial charge in [0.25, 0.3) is 0 Å². The summed E-state index contributed by atoms with van der Waals surface area (Å²) in [5, 5.41) is 4.18. The van der Waals surface area contributed by atoms with E-state index in [1.165, 1.54) is 12.0 Å². The molecule has 112 valence electrons. The standard InChI is InChI=1S/C15H22ClN3.HI/c1-15(2)7-8-19(11-15)14(17-3)18-10-12-5-4-6-13(16)9-12;/h4-6,9H,7-8,10-11H2,1-3H3,(H,17,18);1H. The third-order valence-corrected chi connectivity index (χ3v) is 3.76. The van der Waals surface area contributed by atoms with Gasteiger partial charge in [-0.25, -0.2) is 0 Å². The second-order valence-electron chi connectivity index (χ2n) is 5.87. The molecule has 5 heteroatoms. The van der Waals surface area contributed by atoms with Crippen LogP contribution in [-0.4, -0.2) is 31.0 Å². The average Bonchev–Trinajstić information content (AvgIpc) is 2.71. The van der Waals surface area contributed by atoms with Crippen LogP contribution in [0.2, 0.25) is 5.02 Å². The third-order valence-electron chi connectivity index (χ3n) is 3.53. The summed E-state index contributed by atoms with van der Waals surface area (Å²) >= 11 is 5.99. The third kappa shape index (κ3) is 4.81. The van der Waals surface area contributed by atoms with Crippen LogP contribution < -0.4 is 5.32 Å². The van der Waals surface area contributed by atoms with Crippen molar-refractivity contribution in [1.82, 2.24) is 10.2 Å². The van der Waals surface area contributed by atoms with Gasteiger partial charge in [0.1, 0.15) is 0 Å². The van der Waals surface area contributed by atoms with Crippen LogP contribution in [0.15, 0.2) is 29.3 Å². The van der Waals surface area contributed by atoms with Gasteiger partial charge in [-0.15, -0.1) is 24.0 Å². The predicted octanol–water partition coefficient (Wildman–Crippen LogP) is 3.77. The number of aliphatic imine (C=N–C) groups is 1. The number of hydrogen-bond acceptors (Lipinski definition) is 1. The van der Waals surface area contributed by atoms with Crippen molar-refractivity contribution in [2.45, 2.75) is 26.8 Å². The minimum atomic E-state index is 0. The smallest absolute Gasteiger partial charge is 0.193 e. The summed E-state index contributed by atoms with van der Waals surface area (Å²) in [6.07, 6.45) is 1.21. The Kier molecular flexibility index (Phi) is 6.58. The number of halogens is 2. The van der Waals surface area contributed by atoms with Crippen molar-refractivity contribution < 1.29 is 0 Å². The van der Waals surface area contributed by atoms with Gasteiger partial charge in [0, 0.05) is 31.7 Å². The number of likely N-dealkylation sites (tertiary alicyclic amines) is 1. The van der Waals surface area contributed by atoms with Crippen molar-refractivity contribution in [2.24, 2.45) is 10.4 Å². The molecule has 1 saturated heterocycles. The van der Waals surface area contributed by atoms with Crippen LogP contribution in [0.5, 0.6) is 0 Å². The minimum Gasteiger partial charge on any atom is -0.352 e. The molecule has 0 bridgehead atoms. The SMILES string of the molecule is CN=C(NCc1cccc(Cl)c1)N1CCC(C)(C)C1.I. The summed E-state index contributed by atoms with van der Waals surface area (Å²) in [6, 6.07) is 7.92. The molecule has 0 atom stereocenters.